The van der Waals surface area contributed by atoms with Crippen molar-refractivity contribution in [1.29, 1.82) is 0 Å². The molecule has 1 saturated carbocycles. The van der Waals surface area contributed by atoms with Crippen molar-refractivity contribution < 1.29 is 8.78 Å². The van der Waals surface area contributed by atoms with Crippen molar-refractivity contribution in [3.8, 4) is 0 Å². The number of allylic oxidation sites excluding steroid dienone is 1. The molecule has 130 valence electrons. The quantitative estimate of drug-likeness (QED) is 0.643. The lowest BCUT2D eigenvalue weighted by Crippen LogP contribution is -2.47. The van der Waals surface area contributed by atoms with Gasteiger partial charge in [-0.15, -0.1) is 0 Å². The monoisotopic (exact) mass is 339 g/mol. The van der Waals surface area contributed by atoms with Gasteiger partial charge in [0.2, 0.25) is 0 Å². The Hall–Kier alpha value is -2.16. The van der Waals surface area contributed by atoms with E-state index >= 15 is 0 Å². The molecule has 25 heavy (non-hydrogen) atoms. The van der Waals surface area contributed by atoms with Gasteiger partial charge in [-0.1, -0.05) is 41.5 Å². The molecule has 0 amide bonds. The Labute approximate surface area is 148 Å². The lowest BCUT2D eigenvalue weighted by molar-refractivity contribution is 0.418. The summed E-state index contributed by atoms with van der Waals surface area (Å²) < 4.78 is 28.6. The van der Waals surface area contributed by atoms with Crippen LogP contribution in [0, 0.1) is 11.6 Å². The Kier molecular flexibility index (Phi) is 4.10. The van der Waals surface area contributed by atoms with Gasteiger partial charge in [-0.05, 0) is 50.8 Å². The fourth-order valence-electron chi connectivity index (χ4n) is 4.34. The third-order valence-electron chi connectivity index (χ3n) is 5.86. The van der Waals surface area contributed by atoms with Crippen LogP contribution >= 0.6 is 0 Å². The first kappa shape index (κ1) is 16.3. The van der Waals surface area contributed by atoms with Crippen LogP contribution in [-0.4, -0.2) is 13.1 Å². The number of halogens is 2. The summed E-state index contributed by atoms with van der Waals surface area (Å²) in [5.74, 6) is -1.45. The minimum absolute atomic E-state index is 0.488. The van der Waals surface area contributed by atoms with Crippen LogP contribution in [-0.2, 0) is 5.41 Å². The van der Waals surface area contributed by atoms with Crippen LogP contribution < -0.4 is 4.90 Å². The van der Waals surface area contributed by atoms with Gasteiger partial charge in [0.1, 0.15) is 0 Å². The average Bonchev–Trinajstić information content (AvgIpc) is 2.58. The highest BCUT2D eigenvalue weighted by Crippen LogP contribution is 2.46. The number of rotatable bonds is 2. The number of hydrogen-bond donors (Lipinski definition) is 0. The second-order valence-corrected chi connectivity index (χ2v) is 7.38. The summed E-state index contributed by atoms with van der Waals surface area (Å²) in [7, 11) is 0. The summed E-state index contributed by atoms with van der Waals surface area (Å²) in [6.07, 6.45) is 4.33. The predicted molar refractivity (Wildman–Crippen MR) is 97.9 cm³/mol. The van der Waals surface area contributed by atoms with E-state index in [-0.39, 0.29) is 0 Å². The molecule has 1 nitrogen and oxygen atoms in total. The zero-order valence-electron chi connectivity index (χ0n) is 14.6. The molecule has 1 atom stereocenters. The van der Waals surface area contributed by atoms with Crippen LogP contribution in [0.25, 0.3) is 0 Å². The fourth-order valence-corrected chi connectivity index (χ4v) is 4.34. The van der Waals surface area contributed by atoms with Crippen LogP contribution in [0.2, 0.25) is 0 Å². The van der Waals surface area contributed by atoms with E-state index in [0.717, 1.165) is 31.5 Å². The summed E-state index contributed by atoms with van der Waals surface area (Å²) in [4.78, 5) is 2.30. The molecule has 1 aliphatic carbocycles. The van der Waals surface area contributed by atoms with Crippen LogP contribution in [0.4, 0.5) is 14.5 Å². The van der Waals surface area contributed by atoms with Crippen LogP contribution in [0.3, 0.4) is 0 Å². The molecule has 2 aliphatic rings. The Morgan fingerprint density at radius 1 is 0.920 bits per heavy atom. The second kappa shape index (κ2) is 6.29. The van der Waals surface area contributed by atoms with Crippen molar-refractivity contribution >= 4 is 5.69 Å². The molecule has 1 unspecified atom stereocenters. The molecular formula is C22H23F2N. The van der Waals surface area contributed by atoms with Crippen molar-refractivity contribution in [2.45, 2.75) is 38.0 Å². The first-order valence-electron chi connectivity index (χ1n) is 9.05. The van der Waals surface area contributed by atoms with Gasteiger partial charge in [-0.25, -0.2) is 8.78 Å². The molecular weight excluding hydrogens is 316 g/mol. The van der Waals surface area contributed by atoms with Gasteiger partial charge in [0.05, 0.1) is 0 Å². The predicted octanol–water partition coefficient (Wildman–Crippen LogP) is 5.61. The third kappa shape index (κ3) is 2.76. The van der Waals surface area contributed by atoms with E-state index in [2.05, 4.69) is 24.0 Å². The Bertz CT molecular complexity index is 806. The molecule has 1 heterocycles. The largest absolute Gasteiger partial charge is 0.370 e. The van der Waals surface area contributed by atoms with Crippen molar-refractivity contribution in [1.82, 2.24) is 0 Å². The molecule has 2 aromatic carbocycles. The molecule has 0 spiro atoms. The average molecular weight is 339 g/mol. The van der Waals surface area contributed by atoms with Crippen molar-refractivity contribution in [3.63, 3.8) is 0 Å². The SMILES string of the molecule is CC1(c2cccc(F)c2F)CN(c2ccccc2)CCC1=C1CCC1. The molecule has 1 aliphatic heterocycles. The topological polar surface area (TPSA) is 3.24 Å². The summed E-state index contributed by atoms with van der Waals surface area (Å²) in [6, 6.07) is 14.8. The standard InChI is InChI=1S/C22H23F2N/c1-22(19-11-6-12-20(23)21(19)24)15-25(17-9-3-2-4-10-17)14-13-18(22)16-7-5-8-16/h2-4,6,9-12H,5,7-8,13-15H2,1H3. The van der Waals surface area contributed by atoms with Crippen molar-refractivity contribution in [2.75, 3.05) is 18.0 Å². The first-order chi connectivity index (χ1) is 12.1. The molecule has 2 aromatic rings. The van der Waals surface area contributed by atoms with Crippen LogP contribution in [0.1, 0.15) is 38.2 Å². The van der Waals surface area contributed by atoms with E-state index in [1.807, 2.05) is 18.2 Å². The Balaban J connectivity index is 1.80. The summed E-state index contributed by atoms with van der Waals surface area (Å²) >= 11 is 0. The summed E-state index contributed by atoms with van der Waals surface area (Å²) in [5.41, 5.74) is 3.93. The van der Waals surface area contributed by atoms with Crippen LogP contribution in [0.15, 0.2) is 59.7 Å². The minimum Gasteiger partial charge on any atom is -0.370 e. The van der Waals surface area contributed by atoms with E-state index < -0.39 is 17.0 Å². The minimum atomic E-state index is -0.756. The van der Waals surface area contributed by atoms with E-state index in [0.29, 0.717) is 12.1 Å². The first-order valence-corrected chi connectivity index (χ1v) is 9.05. The molecule has 2 fully saturated rings. The van der Waals surface area contributed by atoms with Gasteiger partial charge in [-0.2, -0.15) is 0 Å². The number of hydrogen-bond acceptors (Lipinski definition) is 1. The molecule has 1 saturated heterocycles. The number of benzene rings is 2. The van der Waals surface area contributed by atoms with Gasteiger partial charge < -0.3 is 4.90 Å². The Morgan fingerprint density at radius 3 is 2.36 bits per heavy atom. The van der Waals surface area contributed by atoms with Crippen LogP contribution in [0.5, 0.6) is 0 Å². The smallest absolute Gasteiger partial charge is 0.162 e. The van der Waals surface area contributed by atoms with E-state index in [1.165, 1.54) is 23.6 Å². The van der Waals surface area contributed by atoms with Gasteiger partial charge in [0.15, 0.2) is 11.6 Å². The highest BCUT2D eigenvalue weighted by atomic mass is 19.2. The number of piperidine rings is 1. The van der Waals surface area contributed by atoms with E-state index in [4.69, 9.17) is 0 Å². The van der Waals surface area contributed by atoms with E-state index in [9.17, 15) is 8.78 Å². The second-order valence-electron chi connectivity index (χ2n) is 7.38. The highest BCUT2D eigenvalue weighted by molar-refractivity contribution is 5.52. The highest BCUT2D eigenvalue weighted by Gasteiger charge is 2.41. The van der Waals surface area contributed by atoms with Gasteiger partial charge in [0.25, 0.3) is 0 Å². The lowest BCUT2D eigenvalue weighted by atomic mass is 9.67. The maximum absolute atomic E-state index is 14.7. The number of para-hydroxylation sites is 1. The van der Waals surface area contributed by atoms with Gasteiger partial charge in [-0.3, -0.25) is 0 Å². The molecule has 3 heteroatoms. The maximum atomic E-state index is 14.7. The Morgan fingerprint density at radius 2 is 1.68 bits per heavy atom. The lowest BCUT2D eigenvalue weighted by Gasteiger charge is -2.46. The third-order valence-corrected chi connectivity index (χ3v) is 5.86. The van der Waals surface area contributed by atoms with E-state index in [1.54, 1.807) is 12.1 Å². The number of anilines is 1. The maximum Gasteiger partial charge on any atom is 0.162 e. The fraction of sp³-hybridized carbons (Fsp3) is 0.364. The normalized spacial score (nSPS) is 23.6. The summed E-state index contributed by atoms with van der Waals surface area (Å²) in [5, 5.41) is 0. The molecule has 0 bridgehead atoms. The molecule has 0 N–H and O–H groups in total. The van der Waals surface area contributed by atoms with Crippen molar-refractivity contribution in [2.24, 2.45) is 0 Å². The summed E-state index contributed by atoms with van der Waals surface area (Å²) in [6.45, 7) is 3.69. The zero-order chi connectivity index (χ0) is 17.4. The molecule has 4 rings (SSSR count). The van der Waals surface area contributed by atoms with Crippen molar-refractivity contribution in [3.05, 3.63) is 76.9 Å². The molecule has 0 aromatic heterocycles. The van der Waals surface area contributed by atoms with Gasteiger partial charge in [0, 0.05) is 29.8 Å². The number of nitrogens with zero attached hydrogens (tertiary/aromatic N) is 1. The van der Waals surface area contributed by atoms with Gasteiger partial charge >= 0.3 is 0 Å². The molecule has 0 radical (unpaired) electrons. The zero-order valence-corrected chi connectivity index (χ0v) is 14.6.